The average Bonchev–Trinajstić information content (AvgIpc) is 3.08. The minimum absolute atomic E-state index is 0.221. The molecule has 0 heterocycles. The van der Waals surface area contributed by atoms with Gasteiger partial charge in [0.15, 0.2) is 0 Å². The van der Waals surface area contributed by atoms with E-state index in [4.69, 9.17) is 14.2 Å². The maximum absolute atomic E-state index is 13.2. The van der Waals surface area contributed by atoms with E-state index in [1.54, 1.807) is 49.6 Å². The average molecular weight is 587 g/mol. The highest BCUT2D eigenvalue weighted by molar-refractivity contribution is 6.04. The topological polar surface area (TPSA) is 85.9 Å². The van der Waals surface area contributed by atoms with Crippen LogP contribution < -0.4 is 20.1 Å². The Morgan fingerprint density at radius 1 is 0.727 bits per heavy atom. The first-order valence-corrected chi connectivity index (χ1v) is 14.3. The number of ether oxygens (including phenoxy) is 3. The number of amides is 1. The van der Waals surface area contributed by atoms with Crippen molar-refractivity contribution in [3.8, 4) is 11.5 Å². The number of carbonyl (C=O) groups excluding carboxylic acids is 2. The molecule has 1 amide bonds. The summed E-state index contributed by atoms with van der Waals surface area (Å²) >= 11 is 0. The summed E-state index contributed by atoms with van der Waals surface area (Å²) < 4.78 is 17.7. The molecule has 7 nitrogen and oxygen atoms in total. The van der Waals surface area contributed by atoms with Crippen LogP contribution in [0.1, 0.15) is 44.9 Å². The highest BCUT2D eigenvalue weighted by Crippen LogP contribution is 2.33. The molecule has 0 saturated carbocycles. The zero-order valence-electron chi connectivity index (χ0n) is 24.6. The van der Waals surface area contributed by atoms with Crippen LogP contribution >= 0.6 is 0 Å². The third-order valence-corrected chi connectivity index (χ3v) is 7.04. The smallest absolute Gasteiger partial charge is 0.338 e. The standard InChI is InChI=1S/C37H34N2O5/c1-26(35(28-18-21-32(42-2)22-19-28)44-37(41)30-16-10-5-11-17-30)38-33-23-20-31(39-36(40)29-14-8-4-9-15-29)24-34(33)43-25-27-12-6-3-7-13-27/h3-24,26,35,38H,25H2,1-2H3,(H,39,40)/t26-,35+/m1/s1. The summed E-state index contributed by atoms with van der Waals surface area (Å²) in [6, 6.07) is 40.3. The van der Waals surface area contributed by atoms with Crippen molar-refractivity contribution in [3.05, 3.63) is 156 Å². The third kappa shape index (κ3) is 7.83. The van der Waals surface area contributed by atoms with Gasteiger partial charge < -0.3 is 24.8 Å². The molecular formula is C37H34N2O5. The number of anilines is 2. The van der Waals surface area contributed by atoms with Gasteiger partial charge >= 0.3 is 5.97 Å². The lowest BCUT2D eigenvalue weighted by Gasteiger charge is -2.27. The molecular weight excluding hydrogens is 552 g/mol. The predicted molar refractivity (Wildman–Crippen MR) is 172 cm³/mol. The van der Waals surface area contributed by atoms with E-state index in [1.165, 1.54) is 0 Å². The van der Waals surface area contributed by atoms with Crippen LogP contribution in [-0.2, 0) is 11.3 Å². The molecule has 0 saturated heterocycles. The number of rotatable bonds is 12. The van der Waals surface area contributed by atoms with Crippen LogP contribution in [-0.4, -0.2) is 25.0 Å². The van der Waals surface area contributed by atoms with Gasteiger partial charge in [-0.3, -0.25) is 4.79 Å². The lowest BCUT2D eigenvalue weighted by atomic mass is 10.0. The first-order valence-electron chi connectivity index (χ1n) is 14.3. The van der Waals surface area contributed by atoms with E-state index in [0.29, 0.717) is 40.6 Å². The van der Waals surface area contributed by atoms with Crippen molar-refractivity contribution < 1.29 is 23.8 Å². The van der Waals surface area contributed by atoms with Gasteiger partial charge in [-0.05, 0) is 66.6 Å². The Morgan fingerprint density at radius 2 is 1.34 bits per heavy atom. The van der Waals surface area contributed by atoms with Crippen LogP contribution in [0, 0.1) is 0 Å². The monoisotopic (exact) mass is 586 g/mol. The summed E-state index contributed by atoms with van der Waals surface area (Å²) in [7, 11) is 1.61. The van der Waals surface area contributed by atoms with Crippen molar-refractivity contribution in [1.82, 2.24) is 0 Å². The summed E-state index contributed by atoms with van der Waals surface area (Å²) in [4.78, 5) is 26.0. The highest BCUT2D eigenvalue weighted by atomic mass is 16.5. The molecule has 0 radical (unpaired) electrons. The summed E-state index contributed by atoms with van der Waals surface area (Å²) in [5.74, 6) is 0.585. The Kier molecular flexibility index (Phi) is 9.90. The zero-order valence-corrected chi connectivity index (χ0v) is 24.6. The number of esters is 1. The van der Waals surface area contributed by atoms with Gasteiger partial charge in [-0.1, -0.05) is 78.9 Å². The zero-order chi connectivity index (χ0) is 30.7. The molecule has 0 aliphatic carbocycles. The highest BCUT2D eigenvalue weighted by Gasteiger charge is 2.26. The second-order valence-corrected chi connectivity index (χ2v) is 10.2. The lowest BCUT2D eigenvalue weighted by Crippen LogP contribution is -2.28. The number of nitrogens with one attached hydrogen (secondary N) is 2. The Balaban J connectivity index is 1.42. The van der Waals surface area contributed by atoms with Crippen molar-refractivity contribution in [2.75, 3.05) is 17.7 Å². The van der Waals surface area contributed by atoms with Crippen LogP contribution in [0.25, 0.3) is 0 Å². The fourth-order valence-corrected chi connectivity index (χ4v) is 4.70. The summed E-state index contributed by atoms with van der Waals surface area (Å²) in [6.07, 6.45) is -0.645. The molecule has 0 aliphatic rings. The van der Waals surface area contributed by atoms with Gasteiger partial charge in [0.1, 0.15) is 24.2 Å². The number of hydrogen-bond donors (Lipinski definition) is 2. The Morgan fingerprint density at radius 3 is 1.98 bits per heavy atom. The van der Waals surface area contributed by atoms with Crippen molar-refractivity contribution in [1.29, 1.82) is 0 Å². The minimum Gasteiger partial charge on any atom is -0.497 e. The van der Waals surface area contributed by atoms with Gasteiger partial charge in [0.25, 0.3) is 5.91 Å². The first-order chi connectivity index (χ1) is 21.5. The Labute approximate surface area is 257 Å². The van der Waals surface area contributed by atoms with E-state index < -0.39 is 12.1 Å². The third-order valence-electron chi connectivity index (χ3n) is 7.04. The molecule has 5 aromatic rings. The fourth-order valence-electron chi connectivity index (χ4n) is 4.70. The maximum Gasteiger partial charge on any atom is 0.338 e. The van der Waals surface area contributed by atoms with Crippen molar-refractivity contribution in [2.45, 2.75) is 25.7 Å². The van der Waals surface area contributed by atoms with Gasteiger partial charge in [-0.2, -0.15) is 0 Å². The largest absolute Gasteiger partial charge is 0.497 e. The fraction of sp³-hybridized carbons (Fsp3) is 0.135. The van der Waals surface area contributed by atoms with Gasteiger partial charge in [0.2, 0.25) is 0 Å². The summed E-state index contributed by atoms with van der Waals surface area (Å²) in [5.41, 5.74) is 4.08. The van der Waals surface area contributed by atoms with Crippen LogP contribution in [0.2, 0.25) is 0 Å². The number of hydrogen-bond acceptors (Lipinski definition) is 6. The molecule has 0 spiro atoms. The quantitative estimate of drug-likeness (QED) is 0.144. The van der Waals surface area contributed by atoms with E-state index in [1.807, 2.05) is 97.9 Å². The van der Waals surface area contributed by atoms with E-state index in [2.05, 4.69) is 10.6 Å². The molecule has 2 atom stereocenters. The van der Waals surface area contributed by atoms with Crippen molar-refractivity contribution in [2.24, 2.45) is 0 Å². The molecule has 2 N–H and O–H groups in total. The molecule has 0 unspecified atom stereocenters. The predicted octanol–water partition coefficient (Wildman–Crippen LogP) is 7.93. The van der Waals surface area contributed by atoms with E-state index in [9.17, 15) is 9.59 Å². The second-order valence-electron chi connectivity index (χ2n) is 10.2. The van der Waals surface area contributed by atoms with Gasteiger partial charge in [-0.25, -0.2) is 4.79 Å². The molecule has 0 bridgehead atoms. The first kappa shape index (κ1) is 29.9. The number of benzene rings is 5. The number of methoxy groups -OCH3 is 1. The second kappa shape index (κ2) is 14.6. The summed E-state index contributed by atoms with van der Waals surface area (Å²) in [5, 5.41) is 6.45. The van der Waals surface area contributed by atoms with Crippen LogP contribution in [0.4, 0.5) is 11.4 Å². The maximum atomic E-state index is 13.2. The minimum atomic E-state index is -0.645. The van der Waals surface area contributed by atoms with E-state index >= 15 is 0 Å². The molecule has 7 heteroatoms. The van der Waals surface area contributed by atoms with Crippen molar-refractivity contribution in [3.63, 3.8) is 0 Å². The number of carbonyl (C=O) groups is 2. The molecule has 5 rings (SSSR count). The SMILES string of the molecule is COc1ccc([C@@H](OC(=O)c2ccccc2)[C@@H](C)Nc2ccc(NC(=O)c3ccccc3)cc2OCc2ccccc2)cc1. The normalized spacial score (nSPS) is 12.0. The van der Waals surface area contributed by atoms with Gasteiger partial charge in [-0.15, -0.1) is 0 Å². The molecule has 222 valence electrons. The van der Waals surface area contributed by atoms with Gasteiger partial charge in [0, 0.05) is 17.3 Å². The van der Waals surface area contributed by atoms with Crippen LogP contribution in [0.5, 0.6) is 11.5 Å². The van der Waals surface area contributed by atoms with Gasteiger partial charge in [0.05, 0.1) is 24.4 Å². The van der Waals surface area contributed by atoms with Crippen molar-refractivity contribution >= 4 is 23.3 Å². The molecule has 0 aromatic heterocycles. The lowest BCUT2D eigenvalue weighted by molar-refractivity contribution is 0.0262. The Hall–Kier alpha value is -5.56. The van der Waals surface area contributed by atoms with Crippen LogP contribution in [0.3, 0.4) is 0 Å². The van der Waals surface area contributed by atoms with Crippen LogP contribution in [0.15, 0.2) is 133 Å². The molecule has 0 fully saturated rings. The van der Waals surface area contributed by atoms with E-state index in [-0.39, 0.29) is 11.9 Å². The molecule has 44 heavy (non-hydrogen) atoms. The summed E-state index contributed by atoms with van der Waals surface area (Å²) in [6.45, 7) is 2.27. The molecule has 5 aromatic carbocycles. The Bertz CT molecular complexity index is 1660. The molecule has 0 aliphatic heterocycles. The van der Waals surface area contributed by atoms with E-state index in [0.717, 1.165) is 11.1 Å².